The number of methoxy groups -OCH3 is 1. The van der Waals surface area contributed by atoms with Gasteiger partial charge in [0.05, 0.1) is 18.7 Å². The van der Waals surface area contributed by atoms with Gasteiger partial charge >= 0.3 is 0 Å². The van der Waals surface area contributed by atoms with Gasteiger partial charge in [-0.2, -0.15) is 0 Å². The van der Waals surface area contributed by atoms with Crippen molar-refractivity contribution in [2.75, 3.05) is 20.2 Å². The number of piperidine rings is 1. The molecule has 190 valence electrons. The molecule has 0 bridgehead atoms. The van der Waals surface area contributed by atoms with E-state index in [2.05, 4.69) is 4.98 Å². The van der Waals surface area contributed by atoms with E-state index in [4.69, 9.17) is 9.47 Å². The topological polar surface area (TPSA) is 89.0 Å². The number of imide groups is 1. The van der Waals surface area contributed by atoms with Crippen LogP contribution < -0.4 is 9.47 Å². The third-order valence-corrected chi connectivity index (χ3v) is 7.87. The zero-order chi connectivity index (χ0) is 25.1. The first-order valence-corrected chi connectivity index (χ1v) is 12.9. The summed E-state index contributed by atoms with van der Waals surface area (Å²) in [5.74, 6) is 0.898. The number of benzene rings is 1. The van der Waals surface area contributed by atoms with Gasteiger partial charge in [0.15, 0.2) is 0 Å². The molecule has 3 amide bonds. The second-order valence-electron chi connectivity index (χ2n) is 10.1. The summed E-state index contributed by atoms with van der Waals surface area (Å²) < 4.78 is 11.3. The van der Waals surface area contributed by atoms with Crippen LogP contribution in [0.4, 0.5) is 0 Å². The number of likely N-dealkylation sites (tertiary alicyclic amines) is 2. The fourth-order valence-electron chi connectivity index (χ4n) is 5.87. The van der Waals surface area contributed by atoms with Gasteiger partial charge in [0.2, 0.25) is 17.7 Å². The van der Waals surface area contributed by atoms with Crippen molar-refractivity contribution in [2.24, 2.45) is 0 Å². The third kappa shape index (κ3) is 4.68. The first kappa shape index (κ1) is 24.3. The Kier molecular flexibility index (Phi) is 6.94. The summed E-state index contributed by atoms with van der Waals surface area (Å²) in [7, 11) is 1.59. The number of carbonyl (C=O) groups excluding carboxylic acids is 3. The third-order valence-electron chi connectivity index (χ3n) is 7.87. The quantitative estimate of drug-likeness (QED) is 0.551. The van der Waals surface area contributed by atoms with Crippen molar-refractivity contribution in [3.05, 3.63) is 54.4 Å². The van der Waals surface area contributed by atoms with E-state index in [0.717, 1.165) is 31.4 Å². The number of hydrogen-bond acceptors (Lipinski definition) is 6. The van der Waals surface area contributed by atoms with Crippen molar-refractivity contribution in [2.45, 2.75) is 68.9 Å². The van der Waals surface area contributed by atoms with E-state index in [0.29, 0.717) is 37.2 Å². The van der Waals surface area contributed by atoms with E-state index >= 15 is 0 Å². The summed E-state index contributed by atoms with van der Waals surface area (Å²) in [6.45, 7) is 1.11. The van der Waals surface area contributed by atoms with Crippen LogP contribution in [0.2, 0.25) is 0 Å². The number of pyridine rings is 1. The van der Waals surface area contributed by atoms with Crippen molar-refractivity contribution in [3.63, 3.8) is 0 Å². The van der Waals surface area contributed by atoms with Crippen molar-refractivity contribution in [3.8, 4) is 11.5 Å². The summed E-state index contributed by atoms with van der Waals surface area (Å²) in [6.07, 6.45) is 8.56. The van der Waals surface area contributed by atoms with Crippen LogP contribution in [0.5, 0.6) is 11.5 Å². The minimum atomic E-state index is -1.17. The molecule has 1 aromatic carbocycles. The Labute approximate surface area is 211 Å². The van der Waals surface area contributed by atoms with Crippen LogP contribution in [-0.4, -0.2) is 64.9 Å². The zero-order valence-electron chi connectivity index (χ0n) is 20.7. The number of ether oxygens (including phenoxy) is 2. The average molecular weight is 492 g/mol. The van der Waals surface area contributed by atoms with Crippen molar-refractivity contribution in [1.29, 1.82) is 0 Å². The fraction of sp³-hybridized carbons (Fsp3) is 0.500. The lowest BCUT2D eigenvalue weighted by atomic mass is 9.75. The fourth-order valence-corrected chi connectivity index (χ4v) is 5.87. The normalized spacial score (nSPS) is 23.4. The monoisotopic (exact) mass is 491 g/mol. The van der Waals surface area contributed by atoms with E-state index in [1.165, 1.54) is 4.90 Å². The van der Waals surface area contributed by atoms with Crippen LogP contribution >= 0.6 is 0 Å². The van der Waals surface area contributed by atoms with Gasteiger partial charge in [0.25, 0.3) is 0 Å². The van der Waals surface area contributed by atoms with Crippen LogP contribution in [0.1, 0.15) is 56.9 Å². The van der Waals surface area contributed by atoms with Crippen LogP contribution in [0.3, 0.4) is 0 Å². The maximum atomic E-state index is 13.9. The highest BCUT2D eigenvalue weighted by Gasteiger charge is 2.56. The molecule has 1 aromatic heterocycles. The Hall–Kier alpha value is -3.42. The Morgan fingerprint density at radius 2 is 1.75 bits per heavy atom. The summed E-state index contributed by atoms with van der Waals surface area (Å²) >= 11 is 0. The zero-order valence-corrected chi connectivity index (χ0v) is 20.7. The Morgan fingerprint density at radius 1 is 1.03 bits per heavy atom. The number of aromatic nitrogens is 1. The molecule has 8 nitrogen and oxygen atoms in total. The van der Waals surface area contributed by atoms with Gasteiger partial charge in [-0.15, -0.1) is 0 Å². The molecule has 3 heterocycles. The summed E-state index contributed by atoms with van der Waals surface area (Å²) in [6, 6.07) is 10.9. The average Bonchev–Trinajstić information content (AvgIpc) is 3.51. The molecule has 1 unspecified atom stereocenters. The SMILES string of the molecule is COc1ccc(C2(CC(=O)N3CCC(Oc4cccnc4)CC3)CC(=O)N(C3CCCC3)C2=O)cc1. The molecule has 0 radical (unpaired) electrons. The Bertz CT molecular complexity index is 1090. The van der Waals surface area contributed by atoms with Crippen LogP contribution in [-0.2, 0) is 19.8 Å². The first-order valence-electron chi connectivity index (χ1n) is 12.9. The minimum Gasteiger partial charge on any atom is -0.497 e. The van der Waals surface area contributed by atoms with Gasteiger partial charge in [-0.05, 0) is 42.7 Å². The molecule has 1 atom stereocenters. The molecule has 3 fully saturated rings. The number of carbonyl (C=O) groups is 3. The van der Waals surface area contributed by atoms with Crippen LogP contribution in [0, 0.1) is 0 Å². The predicted octanol–water partition coefficient (Wildman–Crippen LogP) is 3.49. The second kappa shape index (κ2) is 10.3. The van der Waals surface area contributed by atoms with Gasteiger partial charge in [-0.3, -0.25) is 24.3 Å². The lowest BCUT2D eigenvalue weighted by Crippen LogP contribution is -2.47. The molecule has 5 rings (SSSR count). The molecule has 36 heavy (non-hydrogen) atoms. The molecular formula is C28H33N3O5. The highest BCUT2D eigenvalue weighted by Crippen LogP contribution is 2.43. The van der Waals surface area contributed by atoms with Gasteiger partial charge in [-0.25, -0.2) is 0 Å². The number of amides is 3. The molecule has 2 saturated heterocycles. The summed E-state index contributed by atoms with van der Waals surface area (Å²) in [5, 5.41) is 0. The van der Waals surface area contributed by atoms with E-state index in [-0.39, 0.29) is 42.7 Å². The molecular weight excluding hydrogens is 458 g/mol. The van der Waals surface area contributed by atoms with Crippen molar-refractivity contribution >= 4 is 17.7 Å². The highest BCUT2D eigenvalue weighted by atomic mass is 16.5. The lowest BCUT2D eigenvalue weighted by Gasteiger charge is -2.35. The smallest absolute Gasteiger partial charge is 0.241 e. The number of rotatable bonds is 7. The van der Waals surface area contributed by atoms with Crippen LogP contribution in [0.15, 0.2) is 48.8 Å². The standard InChI is InChI=1S/C28H33N3O5/c1-35-22-10-8-20(9-11-22)28(18-26(33)31(27(28)34)21-5-2-3-6-21)17-25(32)30-15-12-23(13-16-30)36-24-7-4-14-29-19-24/h4,7-11,14,19,21,23H,2-3,5-6,12-13,15-18H2,1H3. The summed E-state index contributed by atoms with van der Waals surface area (Å²) in [5.41, 5.74) is -0.475. The lowest BCUT2D eigenvalue weighted by molar-refractivity contribution is -0.145. The molecule has 8 heteroatoms. The van der Waals surface area contributed by atoms with E-state index < -0.39 is 5.41 Å². The minimum absolute atomic E-state index is 0.0126. The molecule has 1 saturated carbocycles. The van der Waals surface area contributed by atoms with Crippen molar-refractivity contribution < 1.29 is 23.9 Å². The van der Waals surface area contributed by atoms with Gasteiger partial charge in [-0.1, -0.05) is 25.0 Å². The number of nitrogens with zero attached hydrogens (tertiary/aromatic N) is 3. The maximum Gasteiger partial charge on any atom is 0.241 e. The molecule has 2 aliphatic heterocycles. The molecule has 2 aromatic rings. The second-order valence-corrected chi connectivity index (χ2v) is 10.1. The molecule has 0 N–H and O–H groups in total. The molecule has 0 spiro atoms. The number of hydrogen-bond donors (Lipinski definition) is 0. The Balaban J connectivity index is 1.33. The van der Waals surface area contributed by atoms with E-state index in [1.54, 1.807) is 31.6 Å². The Morgan fingerprint density at radius 3 is 2.39 bits per heavy atom. The van der Waals surface area contributed by atoms with E-state index in [9.17, 15) is 14.4 Å². The van der Waals surface area contributed by atoms with Gasteiger partial charge in [0.1, 0.15) is 17.6 Å². The first-order chi connectivity index (χ1) is 17.5. The van der Waals surface area contributed by atoms with E-state index in [1.807, 2.05) is 29.2 Å². The molecule has 3 aliphatic rings. The maximum absolute atomic E-state index is 13.9. The van der Waals surface area contributed by atoms with Gasteiger partial charge in [0, 0.05) is 51.0 Å². The predicted molar refractivity (Wildman–Crippen MR) is 132 cm³/mol. The van der Waals surface area contributed by atoms with Gasteiger partial charge < -0.3 is 14.4 Å². The highest BCUT2D eigenvalue weighted by molar-refractivity contribution is 6.11. The molecule has 1 aliphatic carbocycles. The van der Waals surface area contributed by atoms with Crippen LogP contribution in [0.25, 0.3) is 0 Å². The largest absolute Gasteiger partial charge is 0.497 e. The summed E-state index contributed by atoms with van der Waals surface area (Å²) in [4.78, 5) is 48.1. The van der Waals surface area contributed by atoms with Crippen molar-refractivity contribution in [1.82, 2.24) is 14.8 Å².